The van der Waals surface area contributed by atoms with Gasteiger partial charge in [-0.1, -0.05) is 0 Å². The first-order valence-corrected chi connectivity index (χ1v) is 7.59. The zero-order valence-electron chi connectivity index (χ0n) is 12.9. The van der Waals surface area contributed by atoms with Crippen LogP contribution in [0.1, 0.15) is 51.3 Å². The van der Waals surface area contributed by atoms with Crippen molar-refractivity contribution >= 4 is 6.09 Å². The zero-order valence-corrected chi connectivity index (χ0v) is 12.9. The number of nitrogens with zero attached hydrogens (tertiary/aromatic N) is 1. The van der Waals surface area contributed by atoms with Gasteiger partial charge in [-0.05, 0) is 46.5 Å². The van der Waals surface area contributed by atoms with Crippen LogP contribution in [0.25, 0.3) is 0 Å². The first-order valence-electron chi connectivity index (χ1n) is 7.59. The lowest BCUT2D eigenvalue weighted by Gasteiger charge is -2.39. The molecule has 1 aliphatic heterocycles. The number of amides is 1. The van der Waals surface area contributed by atoms with Crippen LogP contribution in [-0.4, -0.2) is 39.9 Å². The molecule has 0 saturated carbocycles. The lowest BCUT2D eigenvalue weighted by molar-refractivity contribution is 0.0162. The molecule has 0 atom stereocenters. The lowest BCUT2D eigenvalue weighted by Crippen LogP contribution is -2.46. The number of H-pyrrole nitrogens is 2. The van der Waals surface area contributed by atoms with E-state index in [1.807, 2.05) is 20.8 Å². The van der Waals surface area contributed by atoms with Crippen molar-refractivity contribution in [2.24, 2.45) is 0 Å². The van der Waals surface area contributed by atoms with Crippen LogP contribution in [0.15, 0.2) is 4.79 Å². The molecule has 0 bridgehead atoms. The number of rotatable bonds is 0. The summed E-state index contributed by atoms with van der Waals surface area (Å²) < 4.78 is 5.42. The van der Waals surface area contributed by atoms with Gasteiger partial charge in [0.15, 0.2) is 0 Å². The van der Waals surface area contributed by atoms with Crippen molar-refractivity contribution in [1.29, 1.82) is 0 Å². The molecule has 1 saturated heterocycles. The Kier molecular flexibility index (Phi) is 3.15. The van der Waals surface area contributed by atoms with E-state index in [9.17, 15) is 9.59 Å². The van der Waals surface area contributed by atoms with E-state index in [1.165, 1.54) is 0 Å². The molecule has 0 aromatic carbocycles. The van der Waals surface area contributed by atoms with Crippen molar-refractivity contribution in [2.45, 2.75) is 57.5 Å². The number of hydrogen-bond donors (Lipinski definition) is 2. The highest BCUT2D eigenvalue weighted by Gasteiger charge is 2.44. The van der Waals surface area contributed by atoms with Crippen LogP contribution in [0.2, 0.25) is 0 Å². The Hall–Kier alpha value is -1.72. The topological polar surface area (TPSA) is 78.2 Å². The molecular formula is C15H23N3O3. The van der Waals surface area contributed by atoms with Gasteiger partial charge in [0.05, 0.1) is 0 Å². The number of aromatic amines is 2. The third-order valence-electron chi connectivity index (χ3n) is 4.63. The highest BCUT2D eigenvalue weighted by atomic mass is 16.6. The minimum atomic E-state index is -0.460. The van der Waals surface area contributed by atoms with Crippen molar-refractivity contribution in [3.8, 4) is 0 Å². The van der Waals surface area contributed by atoms with Gasteiger partial charge in [0, 0.05) is 29.8 Å². The molecule has 1 aromatic rings. The molecule has 0 unspecified atom stereocenters. The summed E-state index contributed by atoms with van der Waals surface area (Å²) in [5.74, 6) is 0. The predicted octanol–water partition coefficient (Wildman–Crippen LogP) is 1.92. The molecule has 0 radical (unpaired) electrons. The molecule has 116 valence electrons. The fourth-order valence-corrected chi connectivity index (χ4v) is 3.51. The number of likely N-dealkylation sites (tertiary alicyclic amines) is 1. The number of carbonyl (C=O) groups is 1. The number of piperidine rings is 1. The van der Waals surface area contributed by atoms with Gasteiger partial charge in [0.2, 0.25) is 0 Å². The average molecular weight is 293 g/mol. The van der Waals surface area contributed by atoms with Crippen LogP contribution in [0.5, 0.6) is 0 Å². The Balaban J connectivity index is 1.69. The van der Waals surface area contributed by atoms with Gasteiger partial charge in [-0.3, -0.25) is 9.89 Å². The molecule has 2 heterocycles. The number of aromatic nitrogens is 2. The number of nitrogens with one attached hydrogen (secondary N) is 2. The quantitative estimate of drug-likeness (QED) is 0.767. The minimum Gasteiger partial charge on any atom is -0.444 e. The summed E-state index contributed by atoms with van der Waals surface area (Å²) >= 11 is 0. The molecular weight excluding hydrogens is 270 g/mol. The van der Waals surface area contributed by atoms with Crippen LogP contribution in [0, 0.1) is 0 Å². The van der Waals surface area contributed by atoms with Gasteiger partial charge in [0.25, 0.3) is 5.56 Å². The van der Waals surface area contributed by atoms with E-state index in [1.54, 1.807) is 4.90 Å². The van der Waals surface area contributed by atoms with Crippen LogP contribution in [0.4, 0.5) is 4.79 Å². The van der Waals surface area contributed by atoms with E-state index in [0.29, 0.717) is 13.1 Å². The summed E-state index contributed by atoms with van der Waals surface area (Å²) in [5, 5.41) is 5.75. The van der Waals surface area contributed by atoms with Crippen molar-refractivity contribution in [3.63, 3.8) is 0 Å². The maximum Gasteiger partial charge on any atom is 0.410 e. The van der Waals surface area contributed by atoms with Crippen molar-refractivity contribution in [2.75, 3.05) is 13.1 Å². The summed E-state index contributed by atoms with van der Waals surface area (Å²) in [6.45, 7) is 7.00. The van der Waals surface area contributed by atoms with Gasteiger partial charge in [0.1, 0.15) is 5.60 Å². The van der Waals surface area contributed by atoms with Crippen molar-refractivity contribution < 1.29 is 9.53 Å². The smallest absolute Gasteiger partial charge is 0.410 e. The second kappa shape index (κ2) is 4.64. The van der Waals surface area contributed by atoms with E-state index in [-0.39, 0.29) is 17.1 Å². The molecule has 3 rings (SSSR count). The number of ether oxygens (including phenoxy) is 1. The van der Waals surface area contributed by atoms with Gasteiger partial charge < -0.3 is 14.7 Å². The summed E-state index contributed by atoms with van der Waals surface area (Å²) in [6.07, 6.45) is 3.36. The normalized spacial score (nSPS) is 20.6. The Morgan fingerprint density at radius 1 is 1.19 bits per heavy atom. The van der Waals surface area contributed by atoms with Gasteiger partial charge in [-0.15, -0.1) is 0 Å². The van der Waals surface area contributed by atoms with Crippen LogP contribution >= 0.6 is 0 Å². The summed E-state index contributed by atoms with van der Waals surface area (Å²) in [6, 6.07) is 0. The third kappa shape index (κ3) is 2.47. The van der Waals surface area contributed by atoms with Gasteiger partial charge >= 0.3 is 6.09 Å². The predicted molar refractivity (Wildman–Crippen MR) is 78.5 cm³/mol. The highest BCUT2D eigenvalue weighted by Crippen LogP contribution is 2.44. The maximum absolute atomic E-state index is 12.1. The van der Waals surface area contributed by atoms with E-state index in [0.717, 1.165) is 36.9 Å². The molecule has 21 heavy (non-hydrogen) atoms. The Labute approximate surface area is 123 Å². The standard InChI is InChI=1S/C15H23N3O3/c1-14(2,3)21-13(20)18-8-6-15(7-9-18)5-4-10-11(15)16-17-12(10)19/h4-9H2,1-3H3,(H2,16,17,19). The molecule has 1 amide bonds. The average Bonchev–Trinajstić information content (AvgIpc) is 2.92. The molecule has 6 nitrogen and oxygen atoms in total. The van der Waals surface area contributed by atoms with E-state index in [4.69, 9.17) is 4.74 Å². The molecule has 2 aliphatic rings. The lowest BCUT2D eigenvalue weighted by atomic mass is 9.76. The fraction of sp³-hybridized carbons (Fsp3) is 0.733. The van der Waals surface area contributed by atoms with Crippen molar-refractivity contribution in [1.82, 2.24) is 15.1 Å². The monoisotopic (exact) mass is 293 g/mol. The number of carbonyl (C=O) groups excluding carboxylic acids is 1. The minimum absolute atomic E-state index is 0.0106. The van der Waals surface area contributed by atoms with Crippen LogP contribution < -0.4 is 5.56 Å². The second-order valence-electron chi connectivity index (χ2n) is 7.18. The van der Waals surface area contributed by atoms with E-state index >= 15 is 0 Å². The first kappa shape index (κ1) is 14.2. The molecule has 1 spiro atoms. The number of hydrogen-bond acceptors (Lipinski definition) is 3. The van der Waals surface area contributed by atoms with Gasteiger partial charge in [-0.25, -0.2) is 4.79 Å². The summed E-state index contributed by atoms with van der Waals surface area (Å²) in [7, 11) is 0. The summed E-state index contributed by atoms with van der Waals surface area (Å²) in [5.41, 5.74) is 1.56. The van der Waals surface area contributed by atoms with Crippen LogP contribution in [-0.2, 0) is 16.6 Å². The molecule has 1 aromatic heterocycles. The maximum atomic E-state index is 12.1. The van der Waals surface area contributed by atoms with Crippen LogP contribution in [0.3, 0.4) is 0 Å². The van der Waals surface area contributed by atoms with Gasteiger partial charge in [-0.2, -0.15) is 0 Å². The Morgan fingerprint density at radius 2 is 1.86 bits per heavy atom. The second-order valence-corrected chi connectivity index (χ2v) is 7.18. The molecule has 1 aliphatic carbocycles. The zero-order chi connectivity index (χ0) is 15.3. The fourth-order valence-electron chi connectivity index (χ4n) is 3.51. The molecule has 1 fully saturated rings. The Morgan fingerprint density at radius 3 is 2.48 bits per heavy atom. The van der Waals surface area contributed by atoms with Crippen molar-refractivity contribution in [3.05, 3.63) is 21.6 Å². The molecule has 6 heteroatoms. The largest absolute Gasteiger partial charge is 0.444 e. The van der Waals surface area contributed by atoms with E-state index in [2.05, 4.69) is 10.2 Å². The molecule has 2 N–H and O–H groups in total. The third-order valence-corrected chi connectivity index (χ3v) is 4.63. The summed E-state index contributed by atoms with van der Waals surface area (Å²) in [4.78, 5) is 25.6. The van der Waals surface area contributed by atoms with E-state index < -0.39 is 5.60 Å². The SMILES string of the molecule is CC(C)(C)OC(=O)N1CCC2(CCc3c2[nH][nH]c3=O)CC1. The Bertz CT molecular complexity index is 600. The number of fused-ring (bicyclic) bond motifs is 2. The first-order chi connectivity index (χ1) is 9.81. The highest BCUT2D eigenvalue weighted by molar-refractivity contribution is 5.68.